The Bertz CT molecular complexity index is 557. The van der Waals surface area contributed by atoms with E-state index in [1.807, 2.05) is 0 Å². The molecule has 0 bridgehead atoms. The van der Waals surface area contributed by atoms with E-state index >= 15 is 0 Å². The standard InChI is InChI=1S/C14H8O2.CHCl3/c15-13-9-5-1-2-6-10(9)14(16)12-8-4-3-7-11(12)13;2-1(3)4/h1-8H;1H. The molecule has 2 aromatic carbocycles. The molecule has 0 amide bonds. The van der Waals surface area contributed by atoms with Crippen LogP contribution < -0.4 is 0 Å². The molecule has 0 fully saturated rings. The molecule has 0 aliphatic heterocycles. The summed E-state index contributed by atoms with van der Waals surface area (Å²) in [6, 6.07) is 13.9. The van der Waals surface area contributed by atoms with Crippen LogP contribution in [0.5, 0.6) is 0 Å². The minimum atomic E-state index is -0.750. The summed E-state index contributed by atoms with van der Waals surface area (Å²) in [7, 11) is 0. The summed E-state index contributed by atoms with van der Waals surface area (Å²) in [6.07, 6.45) is 0. The third-order valence-corrected chi connectivity index (χ3v) is 2.83. The average Bonchev–Trinajstić information content (AvgIpc) is 2.44. The van der Waals surface area contributed by atoms with E-state index < -0.39 is 4.30 Å². The van der Waals surface area contributed by atoms with Crippen molar-refractivity contribution in [2.45, 2.75) is 4.30 Å². The molecule has 0 N–H and O–H groups in total. The first kappa shape index (κ1) is 15.0. The van der Waals surface area contributed by atoms with Crippen LogP contribution in [0.2, 0.25) is 0 Å². The molecule has 2 aromatic rings. The Morgan fingerprint density at radius 2 is 0.800 bits per heavy atom. The van der Waals surface area contributed by atoms with Gasteiger partial charge in [0.25, 0.3) is 0 Å². The average molecular weight is 328 g/mol. The molecule has 1 aliphatic carbocycles. The quantitative estimate of drug-likeness (QED) is 0.572. The van der Waals surface area contributed by atoms with Crippen LogP contribution in [0.3, 0.4) is 0 Å². The molecule has 0 heterocycles. The fraction of sp³-hybridized carbons (Fsp3) is 0.0667. The third-order valence-electron chi connectivity index (χ3n) is 2.83. The molecule has 0 atom stereocenters. The monoisotopic (exact) mass is 326 g/mol. The minimum Gasteiger partial charge on any atom is -0.289 e. The van der Waals surface area contributed by atoms with Crippen molar-refractivity contribution in [3.05, 3.63) is 70.8 Å². The van der Waals surface area contributed by atoms with Gasteiger partial charge in [0.1, 0.15) is 0 Å². The maximum Gasteiger partial charge on any atom is 0.194 e. The second-order valence-electron chi connectivity index (χ2n) is 4.00. The number of fused-ring (bicyclic) bond motifs is 2. The molecule has 0 unspecified atom stereocenters. The summed E-state index contributed by atoms with van der Waals surface area (Å²) in [4.78, 5) is 24.2. The number of halogens is 3. The van der Waals surface area contributed by atoms with Gasteiger partial charge in [-0.1, -0.05) is 83.3 Å². The van der Waals surface area contributed by atoms with Crippen molar-refractivity contribution in [1.82, 2.24) is 0 Å². The fourth-order valence-electron chi connectivity index (χ4n) is 2.05. The van der Waals surface area contributed by atoms with Gasteiger partial charge in [0, 0.05) is 22.3 Å². The largest absolute Gasteiger partial charge is 0.289 e. The lowest BCUT2D eigenvalue weighted by Gasteiger charge is -2.16. The lowest BCUT2D eigenvalue weighted by Crippen LogP contribution is -2.20. The summed E-state index contributed by atoms with van der Waals surface area (Å²) in [5.41, 5.74) is 2.02. The zero-order valence-electron chi connectivity index (χ0n) is 10.1. The lowest BCUT2D eigenvalue weighted by atomic mass is 9.84. The molecule has 1 aliphatic rings. The highest BCUT2D eigenvalue weighted by molar-refractivity contribution is 6.63. The maximum atomic E-state index is 12.1. The van der Waals surface area contributed by atoms with Crippen LogP contribution in [0.1, 0.15) is 31.8 Å². The van der Waals surface area contributed by atoms with Crippen LogP contribution in [0.25, 0.3) is 0 Å². The first-order valence-corrected chi connectivity index (χ1v) is 7.03. The van der Waals surface area contributed by atoms with Crippen molar-refractivity contribution in [1.29, 1.82) is 0 Å². The summed E-state index contributed by atoms with van der Waals surface area (Å²) >= 11 is 14.4. The Labute approximate surface area is 131 Å². The molecule has 3 rings (SSSR count). The smallest absolute Gasteiger partial charge is 0.194 e. The van der Waals surface area contributed by atoms with Crippen LogP contribution in [0.4, 0.5) is 0 Å². The molecule has 0 saturated heterocycles. The normalized spacial score (nSPS) is 12.4. The van der Waals surface area contributed by atoms with Crippen molar-refractivity contribution in [3.8, 4) is 0 Å². The molecular formula is C15H9Cl3O2. The Morgan fingerprint density at radius 3 is 1.00 bits per heavy atom. The highest BCUT2D eigenvalue weighted by Gasteiger charge is 2.28. The van der Waals surface area contributed by atoms with Crippen LogP contribution in [0.15, 0.2) is 48.5 Å². The molecule has 102 valence electrons. The molecule has 0 aromatic heterocycles. The van der Waals surface area contributed by atoms with Gasteiger partial charge in [-0.15, -0.1) is 0 Å². The topological polar surface area (TPSA) is 34.1 Å². The summed E-state index contributed by atoms with van der Waals surface area (Å²) in [6.45, 7) is 0. The van der Waals surface area contributed by atoms with E-state index in [0.717, 1.165) is 0 Å². The number of rotatable bonds is 0. The summed E-state index contributed by atoms with van der Waals surface area (Å²) < 4.78 is -0.750. The van der Waals surface area contributed by atoms with E-state index in [1.165, 1.54) is 0 Å². The number of benzene rings is 2. The van der Waals surface area contributed by atoms with Crippen LogP contribution in [-0.4, -0.2) is 15.9 Å². The second kappa shape index (κ2) is 6.40. The maximum absolute atomic E-state index is 12.1. The molecule has 0 spiro atoms. The highest BCUT2D eigenvalue weighted by Crippen LogP contribution is 2.26. The van der Waals surface area contributed by atoms with Gasteiger partial charge < -0.3 is 0 Å². The zero-order chi connectivity index (χ0) is 14.7. The van der Waals surface area contributed by atoms with E-state index in [2.05, 4.69) is 0 Å². The lowest BCUT2D eigenvalue weighted by molar-refractivity contribution is 0.0979. The van der Waals surface area contributed by atoms with E-state index in [4.69, 9.17) is 34.8 Å². The van der Waals surface area contributed by atoms with Crippen molar-refractivity contribution in [2.24, 2.45) is 0 Å². The van der Waals surface area contributed by atoms with Crippen molar-refractivity contribution < 1.29 is 9.59 Å². The molecular weight excluding hydrogens is 319 g/mol. The number of carbonyl (C=O) groups excluding carboxylic acids is 2. The van der Waals surface area contributed by atoms with Crippen molar-refractivity contribution in [2.75, 3.05) is 0 Å². The van der Waals surface area contributed by atoms with Gasteiger partial charge in [0.2, 0.25) is 0 Å². The third kappa shape index (κ3) is 3.04. The number of carbonyl (C=O) groups is 2. The van der Waals surface area contributed by atoms with E-state index in [9.17, 15) is 9.59 Å². The van der Waals surface area contributed by atoms with Crippen molar-refractivity contribution >= 4 is 46.4 Å². The van der Waals surface area contributed by atoms with Gasteiger partial charge in [-0.3, -0.25) is 9.59 Å². The predicted octanol–water partition coefficient (Wildman–Crippen LogP) is 4.45. The second-order valence-corrected chi connectivity index (χ2v) is 5.98. The first-order chi connectivity index (χ1) is 9.52. The minimum absolute atomic E-state index is 0.0641. The predicted molar refractivity (Wildman–Crippen MR) is 81.1 cm³/mol. The number of alkyl halides is 3. The zero-order valence-corrected chi connectivity index (χ0v) is 12.4. The van der Waals surface area contributed by atoms with Gasteiger partial charge in [-0.25, -0.2) is 0 Å². The Kier molecular flexibility index (Phi) is 4.81. The molecule has 20 heavy (non-hydrogen) atoms. The molecule has 2 nitrogen and oxygen atoms in total. The van der Waals surface area contributed by atoms with Crippen molar-refractivity contribution in [3.63, 3.8) is 0 Å². The Hall–Kier alpha value is -1.35. The molecule has 0 saturated carbocycles. The molecule has 0 radical (unpaired) electrons. The number of ketones is 2. The van der Waals surface area contributed by atoms with Crippen LogP contribution in [-0.2, 0) is 0 Å². The Morgan fingerprint density at radius 1 is 0.600 bits per heavy atom. The summed E-state index contributed by atoms with van der Waals surface area (Å²) in [5.74, 6) is -0.128. The van der Waals surface area contributed by atoms with Crippen LogP contribution >= 0.6 is 34.8 Å². The van der Waals surface area contributed by atoms with E-state index in [1.54, 1.807) is 48.5 Å². The van der Waals surface area contributed by atoms with Gasteiger partial charge in [-0.05, 0) is 0 Å². The van der Waals surface area contributed by atoms with Gasteiger partial charge in [-0.2, -0.15) is 0 Å². The van der Waals surface area contributed by atoms with Gasteiger partial charge in [0.05, 0.1) is 0 Å². The fourth-order valence-corrected chi connectivity index (χ4v) is 2.05. The first-order valence-electron chi connectivity index (χ1n) is 5.72. The van der Waals surface area contributed by atoms with Gasteiger partial charge >= 0.3 is 0 Å². The number of hydrogen-bond acceptors (Lipinski definition) is 2. The van der Waals surface area contributed by atoms with Gasteiger partial charge in [0.15, 0.2) is 15.9 Å². The van der Waals surface area contributed by atoms with Crippen LogP contribution in [0, 0.1) is 0 Å². The summed E-state index contributed by atoms with van der Waals surface area (Å²) in [5, 5.41) is 0. The van der Waals surface area contributed by atoms with E-state index in [0.29, 0.717) is 22.3 Å². The Balaban J connectivity index is 0.000000328. The van der Waals surface area contributed by atoms with E-state index in [-0.39, 0.29) is 11.6 Å². The number of hydrogen-bond donors (Lipinski definition) is 0. The SMILES string of the molecule is ClC(Cl)Cl.O=C1c2ccccc2C(=O)c2ccccc21. The highest BCUT2D eigenvalue weighted by atomic mass is 35.6. The molecule has 5 heteroatoms.